The number of nitrogens with one attached hydrogen (secondary N) is 1. The Morgan fingerprint density at radius 1 is 1.26 bits per heavy atom. The van der Waals surface area contributed by atoms with Crippen molar-refractivity contribution in [2.75, 3.05) is 13.1 Å². The standard InChI is InChI=1S/C14H24N4O5/c1-3-9(15)13(21)18(8-7-17-11(19)4-2)12(20)6-5-10(16)14(22)23/h4,9-10H,2-3,5-8,15-16H2,1H3,(H,17,19)(H,22,23)/t9-,10-/m0/s1. The molecular weight excluding hydrogens is 304 g/mol. The third-order valence-electron chi connectivity index (χ3n) is 3.13. The average molecular weight is 328 g/mol. The second-order valence-electron chi connectivity index (χ2n) is 4.88. The summed E-state index contributed by atoms with van der Waals surface area (Å²) < 4.78 is 0. The number of carboxylic acids is 1. The van der Waals surface area contributed by atoms with E-state index in [1.54, 1.807) is 6.92 Å². The predicted molar refractivity (Wildman–Crippen MR) is 83.0 cm³/mol. The zero-order valence-corrected chi connectivity index (χ0v) is 13.2. The minimum atomic E-state index is -1.22. The second-order valence-corrected chi connectivity index (χ2v) is 4.88. The van der Waals surface area contributed by atoms with Gasteiger partial charge in [0.1, 0.15) is 6.04 Å². The molecule has 6 N–H and O–H groups in total. The van der Waals surface area contributed by atoms with Crippen molar-refractivity contribution in [1.82, 2.24) is 10.2 Å². The van der Waals surface area contributed by atoms with Gasteiger partial charge in [0, 0.05) is 19.5 Å². The van der Waals surface area contributed by atoms with Crippen molar-refractivity contribution in [1.29, 1.82) is 0 Å². The van der Waals surface area contributed by atoms with Crippen LogP contribution in [0, 0.1) is 0 Å². The summed E-state index contributed by atoms with van der Waals surface area (Å²) in [4.78, 5) is 47.0. The molecule has 23 heavy (non-hydrogen) atoms. The van der Waals surface area contributed by atoms with Crippen LogP contribution in [0.2, 0.25) is 0 Å². The monoisotopic (exact) mass is 328 g/mol. The van der Waals surface area contributed by atoms with Gasteiger partial charge in [-0.1, -0.05) is 13.5 Å². The van der Waals surface area contributed by atoms with E-state index >= 15 is 0 Å². The molecule has 2 atom stereocenters. The van der Waals surface area contributed by atoms with Gasteiger partial charge in [0.25, 0.3) is 0 Å². The van der Waals surface area contributed by atoms with Crippen molar-refractivity contribution < 1.29 is 24.3 Å². The Bertz CT molecular complexity index is 466. The van der Waals surface area contributed by atoms with Gasteiger partial charge in [-0.25, -0.2) is 0 Å². The molecular formula is C14H24N4O5. The topological polar surface area (TPSA) is 156 Å². The third kappa shape index (κ3) is 7.52. The number of nitrogens with two attached hydrogens (primary N) is 2. The van der Waals surface area contributed by atoms with E-state index in [1.165, 1.54) is 0 Å². The van der Waals surface area contributed by atoms with Crippen LogP contribution in [0.5, 0.6) is 0 Å². The second kappa shape index (κ2) is 10.5. The Hall–Kier alpha value is -2.26. The quantitative estimate of drug-likeness (QED) is 0.358. The fourth-order valence-electron chi connectivity index (χ4n) is 1.63. The maximum atomic E-state index is 12.1. The Balaban J connectivity index is 4.78. The summed E-state index contributed by atoms with van der Waals surface area (Å²) in [6, 6.07) is -2.03. The van der Waals surface area contributed by atoms with Gasteiger partial charge in [-0.2, -0.15) is 0 Å². The van der Waals surface area contributed by atoms with Gasteiger partial charge >= 0.3 is 5.97 Å². The van der Waals surface area contributed by atoms with Crippen LogP contribution in [0.3, 0.4) is 0 Å². The average Bonchev–Trinajstić information content (AvgIpc) is 2.54. The lowest BCUT2D eigenvalue weighted by molar-refractivity contribution is -0.146. The van der Waals surface area contributed by atoms with Crippen molar-refractivity contribution in [2.24, 2.45) is 11.5 Å². The van der Waals surface area contributed by atoms with Gasteiger partial charge in [-0.3, -0.25) is 24.1 Å². The molecule has 0 aliphatic rings. The van der Waals surface area contributed by atoms with E-state index < -0.39 is 35.8 Å². The zero-order valence-electron chi connectivity index (χ0n) is 13.2. The molecule has 0 aromatic carbocycles. The molecule has 0 unspecified atom stereocenters. The summed E-state index contributed by atoms with van der Waals surface area (Å²) >= 11 is 0. The van der Waals surface area contributed by atoms with E-state index in [-0.39, 0.29) is 25.9 Å². The molecule has 3 amide bonds. The number of hydrogen-bond acceptors (Lipinski definition) is 6. The lowest BCUT2D eigenvalue weighted by Gasteiger charge is -2.24. The molecule has 0 aliphatic carbocycles. The van der Waals surface area contributed by atoms with E-state index in [9.17, 15) is 19.2 Å². The van der Waals surface area contributed by atoms with Crippen LogP contribution in [0.1, 0.15) is 26.2 Å². The molecule has 0 aromatic rings. The smallest absolute Gasteiger partial charge is 0.320 e. The lowest BCUT2D eigenvalue weighted by atomic mass is 10.1. The Kier molecular flexibility index (Phi) is 9.44. The predicted octanol–water partition coefficient (Wildman–Crippen LogP) is -1.43. The van der Waals surface area contributed by atoms with Crippen molar-refractivity contribution in [2.45, 2.75) is 38.3 Å². The van der Waals surface area contributed by atoms with Gasteiger partial charge in [0.05, 0.1) is 6.04 Å². The number of aliphatic carboxylic acids is 1. The molecule has 0 aromatic heterocycles. The molecule has 0 heterocycles. The van der Waals surface area contributed by atoms with E-state index in [4.69, 9.17) is 16.6 Å². The highest BCUT2D eigenvalue weighted by Gasteiger charge is 2.26. The highest BCUT2D eigenvalue weighted by Crippen LogP contribution is 2.04. The number of carbonyl (C=O) groups excluding carboxylic acids is 3. The summed E-state index contributed by atoms with van der Waals surface area (Å²) in [7, 11) is 0. The van der Waals surface area contributed by atoms with Gasteiger partial charge in [0.2, 0.25) is 17.7 Å². The van der Waals surface area contributed by atoms with Crippen LogP contribution >= 0.6 is 0 Å². The number of imide groups is 1. The first-order chi connectivity index (χ1) is 10.7. The Morgan fingerprint density at radius 2 is 1.87 bits per heavy atom. The number of nitrogens with zero attached hydrogens (tertiary/aromatic N) is 1. The number of rotatable bonds is 10. The van der Waals surface area contributed by atoms with Crippen molar-refractivity contribution >= 4 is 23.7 Å². The van der Waals surface area contributed by atoms with E-state index in [1.807, 2.05) is 0 Å². The molecule has 0 bridgehead atoms. The lowest BCUT2D eigenvalue weighted by Crippen LogP contribution is -2.49. The Labute approximate surface area is 134 Å². The van der Waals surface area contributed by atoms with Crippen LogP contribution < -0.4 is 16.8 Å². The molecule has 0 fully saturated rings. The zero-order chi connectivity index (χ0) is 18.0. The van der Waals surface area contributed by atoms with Gasteiger partial charge < -0.3 is 21.9 Å². The highest BCUT2D eigenvalue weighted by atomic mass is 16.4. The van der Waals surface area contributed by atoms with Crippen molar-refractivity contribution in [3.63, 3.8) is 0 Å². The van der Waals surface area contributed by atoms with Crippen LogP contribution in [-0.4, -0.2) is 58.9 Å². The van der Waals surface area contributed by atoms with Crippen molar-refractivity contribution in [3.05, 3.63) is 12.7 Å². The first kappa shape index (κ1) is 20.7. The first-order valence-electron chi connectivity index (χ1n) is 7.23. The van der Waals surface area contributed by atoms with Gasteiger partial charge in [0.15, 0.2) is 0 Å². The molecule has 0 aliphatic heterocycles. The fraction of sp³-hybridized carbons (Fsp3) is 0.571. The highest BCUT2D eigenvalue weighted by molar-refractivity contribution is 5.98. The first-order valence-corrected chi connectivity index (χ1v) is 7.23. The molecule has 0 spiro atoms. The van der Waals surface area contributed by atoms with Crippen LogP contribution in [0.15, 0.2) is 12.7 Å². The summed E-state index contributed by atoms with van der Waals surface area (Å²) in [6.07, 6.45) is 1.11. The van der Waals surface area contributed by atoms with Crippen LogP contribution in [0.4, 0.5) is 0 Å². The van der Waals surface area contributed by atoms with Crippen LogP contribution in [-0.2, 0) is 19.2 Å². The largest absolute Gasteiger partial charge is 0.480 e. The SMILES string of the molecule is C=CC(=O)NCCN(C(=O)CC[C@H](N)C(=O)O)C(=O)[C@@H](N)CC. The third-order valence-corrected chi connectivity index (χ3v) is 3.13. The fourth-order valence-corrected chi connectivity index (χ4v) is 1.63. The minimum Gasteiger partial charge on any atom is -0.480 e. The molecule has 9 nitrogen and oxygen atoms in total. The number of carboxylic acid groups (broad SMARTS) is 1. The number of amides is 3. The summed E-state index contributed by atoms with van der Waals surface area (Å²) in [6.45, 7) is 4.97. The van der Waals surface area contributed by atoms with Crippen molar-refractivity contribution in [3.8, 4) is 0 Å². The summed E-state index contributed by atoms with van der Waals surface area (Å²) in [5.41, 5.74) is 11.0. The number of hydrogen-bond donors (Lipinski definition) is 4. The molecule has 0 saturated heterocycles. The molecule has 130 valence electrons. The molecule has 0 saturated carbocycles. The summed E-state index contributed by atoms with van der Waals surface area (Å²) in [5.74, 6) is -2.81. The maximum absolute atomic E-state index is 12.1. The van der Waals surface area contributed by atoms with Gasteiger partial charge in [-0.05, 0) is 18.9 Å². The van der Waals surface area contributed by atoms with Crippen LogP contribution in [0.25, 0.3) is 0 Å². The number of carbonyl (C=O) groups is 4. The van der Waals surface area contributed by atoms with E-state index in [0.717, 1.165) is 11.0 Å². The molecule has 0 radical (unpaired) electrons. The van der Waals surface area contributed by atoms with E-state index in [0.29, 0.717) is 6.42 Å². The maximum Gasteiger partial charge on any atom is 0.320 e. The molecule has 0 rings (SSSR count). The normalized spacial score (nSPS) is 12.8. The molecule has 9 heteroatoms. The van der Waals surface area contributed by atoms with E-state index in [2.05, 4.69) is 11.9 Å². The summed E-state index contributed by atoms with van der Waals surface area (Å²) in [5, 5.41) is 11.2. The van der Waals surface area contributed by atoms with Gasteiger partial charge in [-0.15, -0.1) is 0 Å². The minimum absolute atomic E-state index is 0.0454. The Morgan fingerprint density at radius 3 is 2.35 bits per heavy atom.